The van der Waals surface area contributed by atoms with Crippen LogP contribution in [0.3, 0.4) is 0 Å². The molecule has 0 radical (unpaired) electrons. The van der Waals surface area contributed by atoms with Crippen LogP contribution in [-0.2, 0) is 19.6 Å². The van der Waals surface area contributed by atoms with Crippen molar-refractivity contribution in [1.29, 1.82) is 0 Å². The molecule has 0 aliphatic carbocycles. The SMILES string of the molecule is COC(=O)c1ccc(Cl)c(NC(=O)CN(c2ccc(C)cc2)S(=O)(=O)c2ccccc2)c1. The number of hydrogen-bond acceptors (Lipinski definition) is 5. The number of nitrogens with zero attached hydrogens (tertiary/aromatic N) is 1. The van der Waals surface area contributed by atoms with Gasteiger partial charge in [-0.05, 0) is 49.4 Å². The Labute approximate surface area is 191 Å². The first-order valence-corrected chi connectivity index (χ1v) is 11.4. The molecule has 0 saturated carbocycles. The third-order valence-electron chi connectivity index (χ3n) is 4.60. The number of hydrogen-bond donors (Lipinski definition) is 1. The lowest BCUT2D eigenvalue weighted by Crippen LogP contribution is -2.38. The highest BCUT2D eigenvalue weighted by atomic mass is 35.5. The standard InChI is InChI=1S/C23H21ClN2O5S/c1-16-8-11-18(12-9-16)26(32(29,30)19-6-4-3-5-7-19)15-22(27)25-21-14-17(23(28)31-2)10-13-20(21)24/h3-14H,15H2,1-2H3,(H,25,27). The molecular weight excluding hydrogens is 452 g/mol. The van der Waals surface area contributed by atoms with Crippen molar-refractivity contribution in [2.75, 3.05) is 23.3 Å². The van der Waals surface area contributed by atoms with Gasteiger partial charge in [-0.25, -0.2) is 13.2 Å². The Balaban J connectivity index is 1.93. The van der Waals surface area contributed by atoms with E-state index < -0.39 is 28.4 Å². The third-order valence-corrected chi connectivity index (χ3v) is 6.72. The number of esters is 1. The first-order chi connectivity index (χ1) is 15.2. The van der Waals surface area contributed by atoms with Crippen molar-refractivity contribution in [3.8, 4) is 0 Å². The molecule has 0 aromatic heterocycles. The van der Waals surface area contributed by atoms with E-state index in [1.165, 1.54) is 37.4 Å². The Bertz CT molecular complexity index is 1230. The van der Waals surface area contributed by atoms with Gasteiger partial charge in [-0.1, -0.05) is 47.5 Å². The van der Waals surface area contributed by atoms with E-state index in [1.807, 2.05) is 6.92 Å². The quantitative estimate of drug-likeness (QED) is 0.518. The molecular formula is C23H21ClN2O5S. The molecule has 0 heterocycles. The molecule has 1 N–H and O–H groups in total. The maximum absolute atomic E-state index is 13.3. The predicted molar refractivity (Wildman–Crippen MR) is 124 cm³/mol. The van der Waals surface area contributed by atoms with E-state index >= 15 is 0 Å². The Morgan fingerprint density at radius 1 is 1.00 bits per heavy atom. The molecule has 9 heteroatoms. The molecule has 0 unspecified atom stereocenters. The van der Waals surface area contributed by atoms with Crippen LogP contribution in [0.4, 0.5) is 11.4 Å². The van der Waals surface area contributed by atoms with Crippen LogP contribution in [-0.4, -0.2) is 33.9 Å². The molecule has 0 spiro atoms. The second-order valence-corrected chi connectivity index (χ2v) is 9.16. The van der Waals surface area contributed by atoms with Crippen molar-refractivity contribution in [2.24, 2.45) is 0 Å². The number of rotatable bonds is 7. The minimum atomic E-state index is -4.02. The molecule has 0 aliphatic heterocycles. The van der Waals surface area contributed by atoms with Crippen LogP contribution < -0.4 is 9.62 Å². The second-order valence-electron chi connectivity index (χ2n) is 6.89. The number of benzene rings is 3. The summed E-state index contributed by atoms with van der Waals surface area (Å²) < 4.78 is 32.3. The van der Waals surface area contributed by atoms with E-state index in [2.05, 4.69) is 10.1 Å². The van der Waals surface area contributed by atoms with E-state index in [1.54, 1.807) is 42.5 Å². The molecule has 0 fully saturated rings. The van der Waals surface area contributed by atoms with Gasteiger partial charge in [0.1, 0.15) is 6.54 Å². The summed E-state index contributed by atoms with van der Waals surface area (Å²) >= 11 is 6.15. The fourth-order valence-electron chi connectivity index (χ4n) is 2.93. The molecule has 3 aromatic carbocycles. The average molecular weight is 473 g/mol. The molecule has 0 aliphatic rings. The van der Waals surface area contributed by atoms with Crippen molar-refractivity contribution in [1.82, 2.24) is 0 Å². The molecule has 0 atom stereocenters. The number of halogens is 1. The summed E-state index contributed by atoms with van der Waals surface area (Å²) in [6.45, 7) is 1.38. The zero-order chi connectivity index (χ0) is 23.3. The molecule has 32 heavy (non-hydrogen) atoms. The van der Waals surface area contributed by atoms with Crippen LogP contribution in [0.15, 0.2) is 77.7 Å². The van der Waals surface area contributed by atoms with Crippen LogP contribution in [0.2, 0.25) is 5.02 Å². The lowest BCUT2D eigenvalue weighted by Gasteiger charge is -2.24. The molecule has 3 rings (SSSR count). The minimum absolute atomic E-state index is 0.0547. The number of carbonyl (C=O) groups is 2. The first-order valence-electron chi connectivity index (χ1n) is 9.54. The largest absolute Gasteiger partial charge is 0.465 e. The Morgan fingerprint density at radius 3 is 2.28 bits per heavy atom. The summed E-state index contributed by atoms with van der Waals surface area (Å²) in [6.07, 6.45) is 0. The van der Waals surface area contributed by atoms with Crippen LogP contribution >= 0.6 is 11.6 Å². The van der Waals surface area contributed by atoms with Crippen LogP contribution in [0.1, 0.15) is 15.9 Å². The van der Waals surface area contributed by atoms with Gasteiger partial charge >= 0.3 is 5.97 Å². The predicted octanol–water partition coefficient (Wildman–Crippen LogP) is 4.27. The van der Waals surface area contributed by atoms with E-state index in [-0.39, 0.29) is 21.2 Å². The lowest BCUT2D eigenvalue weighted by atomic mass is 10.2. The highest BCUT2D eigenvalue weighted by molar-refractivity contribution is 7.92. The van der Waals surface area contributed by atoms with Gasteiger partial charge in [0.2, 0.25) is 5.91 Å². The molecule has 0 saturated heterocycles. The summed E-state index contributed by atoms with van der Waals surface area (Å²) in [5, 5.41) is 2.77. The Kier molecular flexibility index (Phi) is 7.17. The lowest BCUT2D eigenvalue weighted by molar-refractivity contribution is -0.114. The second kappa shape index (κ2) is 9.84. The van der Waals surface area contributed by atoms with Crippen LogP contribution in [0.25, 0.3) is 0 Å². The van der Waals surface area contributed by atoms with Crippen molar-refractivity contribution in [3.63, 3.8) is 0 Å². The fourth-order valence-corrected chi connectivity index (χ4v) is 4.54. The number of aryl methyl sites for hydroxylation is 1. The van der Waals surface area contributed by atoms with Crippen molar-refractivity contribution in [3.05, 3.63) is 88.9 Å². The smallest absolute Gasteiger partial charge is 0.337 e. The van der Waals surface area contributed by atoms with Gasteiger partial charge in [0.15, 0.2) is 0 Å². The molecule has 7 nitrogen and oxygen atoms in total. The average Bonchev–Trinajstić information content (AvgIpc) is 2.79. The van der Waals surface area contributed by atoms with Gasteiger partial charge in [-0.2, -0.15) is 0 Å². The van der Waals surface area contributed by atoms with Crippen molar-refractivity contribution >= 4 is 44.9 Å². The fraction of sp³-hybridized carbons (Fsp3) is 0.130. The van der Waals surface area contributed by atoms with E-state index in [0.29, 0.717) is 5.69 Å². The Morgan fingerprint density at radius 2 is 1.66 bits per heavy atom. The number of methoxy groups -OCH3 is 1. The van der Waals surface area contributed by atoms with Gasteiger partial charge in [0.05, 0.1) is 34.0 Å². The van der Waals surface area contributed by atoms with Gasteiger partial charge < -0.3 is 10.1 Å². The van der Waals surface area contributed by atoms with Crippen molar-refractivity contribution in [2.45, 2.75) is 11.8 Å². The van der Waals surface area contributed by atoms with E-state index in [0.717, 1.165) is 9.87 Å². The monoisotopic (exact) mass is 472 g/mol. The zero-order valence-corrected chi connectivity index (χ0v) is 19.0. The van der Waals surface area contributed by atoms with E-state index in [9.17, 15) is 18.0 Å². The van der Waals surface area contributed by atoms with Gasteiger partial charge in [0, 0.05) is 0 Å². The highest BCUT2D eigenvalue weighted by Gasteiger charge is 2.27. The normalized spacial score (nSPS) is 11.0. The van der Waals surface area contributed by atoms with Gasteiger partial charge in [-0.3, -0.25) is 9.10 Å². The molecule has 1 amide bonds. The first kappa shape index (κ1) is 23.3. The maximum Gasteiger partial charge on any atom is 0.337 e. The summed E-state index contributed by atoms with van der Waals surface area (Å²) in [5.41, 5.74) is 1.64. The number of amides is 1. The topological polar surface area (TPSA) is 92.8 Å². The number of anilines is 2. The van der Waals surface area contributed by atoms with Crippen LogP contribution in [0, 0.1) is 6.92 Å². The van der Waals surface area contributed by atoms with Gasteiger partial charge in [0.25, 0.3) is 10.0 Å². The molecule has 3 aromatic rings. The summed E-state index contributed by atoms with van der Waals surface area (Å²) in [7, 11) is -2.79. The Hall–Kier alpha value is -3.36. The molecule has 0 bridgehead atoms. The number of carbonyl (C=O) groups excluding carboxylic acids is 2. The number of sulfonamides is 1. The summed E-state index contributed by atoms with van der Waals surface area (Å²) in [5.74, 6) is -1.22. The number of nitrogens with one attached hydrogen (secondary N) is 1. The zero-order valence-electron chi connectivity index (χ0n) is 17.4. The third kappa shape index (κ3) is 5.27. The van der Waals surface area contributed by atoms with Gasteiger partial charge in [-0.15, -0.1) is 0 Å². The summed E-state index contributed by atoms with van der Waals surface area (Å²) in [6, 6.07) is 18.9. The highest BCUT2D eigenvalue weighted by Crippen LogP contribution is 2.26. The van der Waals surface area contributed by atoms with Crippen molar-refractivity contribution < 1.29 is 22.7 Å². The molecule has 166 valence electrons. The minimum Gasteiger partial charge on any atom is -0.465 e. The van der Waals surface area contributed by atoms with E-state index in [4.69, 9.17) is 11.6 Å². The maximum atomic E-state index is 13.3. The van der Waals surface area contributed by atoms with Crippen LogP contribution in [0.5, 0.6) is 0 Å². The number of ether oxygens (including phenoxy) is 1. The summed E-state index contributed by atoms with van der Waals surface area (Å²) in [4.78, 5) is 24.7.